The Balaban J connectivity index is 2.66. The van der Waals surface area contributed by atoms with Crippen molar-refractivity contribution in [2.24, 2.45) is 17.3 Å². The van der Waals surface area contributed by atoms with Crippen molar-refractivity contribution < 1.29 is 0 Å². The molecule has 0 aromatic rings. The summed E-state index contributed by atoms with van der Waals surface area (Å²) in [5.41, 5.74) is 0.658. The molecule has 1 heteroatoms. The van der Waals surface area contributed by atoms with E-state index in [1.165, 1.54) is 51.6 Å². The van der Waals surface area contributed by atoms with Gasteiger partial charge in [-0.05, 0) is 49.6 Å². The molecule has 1 aliphatic heterocycles. The third-order valence-electron chi connectivity index (χ3n) is 4.54. The first kappa shape index (κ1) is 14.0. The Bertz CT molecular complexity index is 188. The molecule has 0 aromatic carbocycles. The van der Waals surface area contributed by atoms with Crippen LogP contribution in [-0.2, 0) is 0 Å². The molecule has 0 saturated carbocycles. The van der Waals surface area contributed by atoms with Gasteiger partial charge in [-0.2, -0.15) is 0 Å². The Morgan fingerprint density at radius 1 is 1.31 bits per heavy atom. The van der Waals surface area contributed by atoms with Crippen molar-refractivity contribution in [2.75, 3.05) is 13.1 Å². The minimum atomic E-state index is 0.658. The van der Waals surface area contributed by atoms with Gasteiger partial charge in [0, 0.05) is 0 Å². The van der Waals surface area contributed by atoms with Gasteiger partial charge in [-0.25, -0.2) is 0 Å². The number of rotatable bonds is 6. The molecular formula is C15H31N. The van der Waals surface area contributed by atoms with Crippen LogP contribution in [0.15, 0.2) is 0 Å². The van der Waals surface area contributed by atoms with E-state index in [4.69, 9.17) is 0 Å². The molecule has 1 heterocycles. The first-order valence-electron chi connectivity index (χ1n) is 7.35. The third kappa shape index (κ3) is 3.48. The molecule has 1 aliphatic rings. The molecule has 1 fully saturated rings. The molecule has 0 aromatic heterocycles. The molecule has 0 bridgehead atoms. The van der Waals surface area contributed by atoms with Crippen molar-refractivity contribution in [2.45, 2.75) is 66.2 Å². The monoisotopic (exact) mass is 225 g/mol. The summed E-state index contributed by atoms with van der Waals surface area (Å²) in [5.74, 6) is 1.76. The minimum Gasteiger partial charge on any atom is -0.316 e. The Kier molecular flexibility index (Phi) is 5.82. The van der Waals surface area contributed by atoms with Crippen molar-refractivity contribution in [1.29, 1.82) is 0 Å². The predicted molar refractivity (Wildman–Crippen MR) is 72.7 cm³/mol. The highest BCUT2D eigenvalue weighted by molar-refractivity contribution is 4.91. The Morgan fingerprint density at radius 2 is 2.06 bits per heavy atom. The average molecular weight is 225 g/mol. The van der Waals surface area contributed by atoms with Crippen LogP contribution in [0, 0.1) is 17.3 Å². The topological polar surface area (TPSA) is 12.0 Å². The fourth-order valence-electron chi connectivity index (χ4n) is 3.44. The van der Waals surface area contributed by atoms with Crippen LogP contribution in [0.4, 0.5) is 0 Å². The Labute approximate surface area is 102 Å². The van der Waals surface area contributed by atoms with Gasteiger partial charge in [-0.3, -0.25) is 0 Å². The molecule has 16 heavy (non-hydrogen) atoms. The lowest BCUT2D eigenvalue weighted by atomic mass is 9.64. The van der Waals surface area contributed by atoms with Gasteiger partial charge < -0.3 is 5.32 Å². The molecule has 1 saturated heterocycles. The van der Waals surface area contributed by atoms with Gasteiger partial charge in [0.1, 0.15) is 0 Å². The summed E-state index contributed by atoms with van der Waals surface area (Å²) in [7, 11) is 0. The average Bonchev–Trinajstić information content (AvgIpc) is 2.28. The molecule has 0 aliphatic carbocycles. The number of piperidine rings is 1. The standard InChI is InChI=1S/C15H31N/c1-5-7-8-15(6-2)9-10-16-12-14(15)11-13(3)4/h13-14,16H,5-12H2,1-4H3. The van der Waals surface area contributed by atoms with E-state index < -0.39 is 0 Å². The van der Waals surface area contributed by atoms with Gasteiger partial charge in [-0.15, -0.1) is 0 Å². The Morgan fingerprint density at radius 3 is 2.62 bits per heavy atom. The van der Waals surface area contributed by atoms with Gasteiger partial charge in [0.25, 0.3) is 0 Å². The van der Waals surface area contributed by atoms with Crippen molar-refractivity contribution in [1.82, 2.24) is 5.32 Å². The highest BCUT2D eigenvalue weighted by Crippen LogP contribution is 2.44. The van der Waals surface area contributed by atoms with Crippen molar-refractivity contribution in [3.05, 3.63) is 0 Å². The number of hydrogen-bond donors (Lipinski definition) is 1. The van der Waals surface area contributed by atoms with Gasteiger partial charge in [0.05, 0.1) is 0 Å². The van der Waals surface area contributed by atoms with Crippen LogP contribution >= 0.6 is 0 Å². The van der Waals surface area contributed by atoms with E-state index in [2.05, 4.69) is 33.0 Å². The second-order valence-corrected chi connectivity index (χ2v) is 6.10. The van der Waals surface area contributed by atoms with E-state index in [1.54, 1.807) is 0 Å². The molecule has 0 spiro atoms. The van der Waals surface area contributed by atoms with Gasteiger partial charge >= 0.3 is 0 Å². The summed E-state index contributed by atoms with van der Waals surface area (Å²) in [5, 5.41) is 3.61. The number of hydrogen-bond acceptors (Lipinski definition) is 1. The molecule has 96 valence electrons. The van der Waals surface area contributed by atoms with E-state index in [0.29, 0.717) is 5.41 Å². The zero-order valence-electron chi connectivity index (χ0n) is 11.8. The van der Waals surface area contributed by atoms with E-state index in [-0.39, 0.29) is 0 Å². The summed E-state index contributed by atoms with van der Waals surface area (Å²) in [6.07, 6.45) is 8.42. The highest BCUT2D eigenvalue weighted by atomic mass is 14.9. The van der Waals surface area contributed by atoms with E-state index in [0.717, 1.165) is 11.8 Å². The predicted octanol–water partition coefficient (Wildman–Crippen LogP) is 4.23. The lowest BCUT2D eigenvalue weighted by molar-refractivity contribution is 0.0710. The van der Waals surface area contributed by atoms with E-state index >= 15 is 0 Å². The molecule has 1 nitrogen and oxygen atoms in total. The molecule has 0 amide bonds. The smallest absolute Gasteiger partial charge is 0.00151 e. The van der Waals surface area contributed by atoms with Crippen LogP contribution < -0.4 is 5.32 Å². The Hall–Kier alpha value is -0.0400. The van der Waals surface area contributed by atoms with Crippen molar-refractivity contribution >= 4 is 0 Å². The second kappa shape index (κ2) is 6.64. The summed E-state index contributed by atoms with van der Waals surface area (Å²) < 4.78 is 0. The molecule has 0 radical (unpaired) electrons. The van der Waals surface area contributed by atoms with Crippen LogP contribution in [0.25, 0.3) is 0 Å². The summed E-state index contributed by atoms with van der Waals surface area (Å²) >= 11 is 0. The van der Waals surface area contributed by atoms with Gasteiger partial charge in [-0.1, -0.05) is 47.0 Å². The first-order valence-corrected chi connectivity index (χ1v) is 7.35. The maximum atomic E-state index is 3.61. The summed E-state index contributed by atoms with van der Waals surface area (Å²) in [4.78, 5) is 0. The highest BCUT2D eigenvalue weighted by Gasteiger charge is 2.38. The summed E-state index contributed by atoms with van der Waals surface area (Å²) in [6.45, 7) is 12.0. The fourth-order valence-corrected chi connectivity index (χ4v) is 3.44. The van der Waals surface area contributed by atoms with E-state index in [9.17, 15) is 0 Å². The second-order valence-electron chi connectivity index (χ2n) is 6.10. The molecule has 2 unspecified atom stereocenters. The quantitative estimate of drug-likeness (QED) is 0.713. The molecule has 2 atom stereocenters. The maximum Gasteiger partial charge on any atom is -0.00151 e. The third-order valence-corrected chi connectivity index (χ3v) is 4.54. The molecular weight excluding hydrogens is 194 g/mol. The minimum absolute atomic E-state index is 0.658. The van der Waals surface area contributed by atoms with Gasteiger partial charge in [0.15, 0.2) is 0 Å². The fraction of sp³-hybridized carbons (Fsp3) is 1.00. The first-order chi connectivity index (χ1) is 7.64. The SMILES string of the molecule is CCCCC1(CC)CCNCC1CC(C)C. The van der Waals surface area contributed by atoms with Crippen LogP contribution in [0.1, 0.15) is 66.2 Å². The van der Waals surface area contributed by atoms with Crippen molar-refractivity contribution in [3.63, 3.8) is 0 Å². The molecule has 1 N–H and O–H groups in total. The normalized spacial score (nSPS) is 30.9. The largest absolute Gasteiger partial charge is 0.316 e. The summed E-state index contributed by atoms with van der Waals surface area (Å²) in [6, 6.07) is 0. The van der Waals surface area contributed by atoms with Gasteiger partial charge in [0.2, 0.25) is 0 Å². The molecule has 1 rings (SSSR count). The van der Waals surface area contributed by atoms with E-state index in [1.807, 2.05) is 0 Å². The van der Waals surface area contributed by atoms with Crippen LogP contribution in [0.2, 0.25) is 0 Å². The van der Waals surface area contributed by atoms with Crippen LogP contribution in [-0.4, -0.2) is 13.1 Å². The van der Waals surface area contributed by atoms with Crippen LogP contribution in [0.5, 0.6) is 0 Å². The zero-order valence-corrected chi connectivity index (χ0v) is 11.8. The van der Waals surface area contributed by atoms with Crippen molar-refractivity contribution in [3.8, 4) is 0 Å². The lowest BCUT2D eigenvalue weighted by Crippen LogP contribution is -2.45. The maximum absolute atomic E-state index is 3.61. The zero-order chi connectivity index (χ0) is 12.0. The van der Waals surface area contributed by atoms with Crippen LogP contribution in [0.3, 0.4) is 0 Å². The number of nitrogens with one attached hydrogen (secondary N) is 1. The number of unbranched alkanes of at least 4 members (excludes halogenated alkanes) is 1. The lowest BCUT2D eigenvalue weighted by Gasteiger charge is -2.45.